The quantitative estimate of drug-likeness (QED) is 0.501. The van der Waals surface area contributed by atoms with Crippen LogP contribution >= 0.6 is 0 Å². The fraction of sp³-hybridized carbons (Fsp3) is 0.227. The van der Waals surface area contributed by atoms with Crippen molar-refractivity contribution in [1.82, 2.24) is 0 Å². The van der Waals surface area contributed by atoms with Crippen LogP contribution in [0.15, 0.2) is 65.3 Å². The summed E-state index contributed by atoms with van der Waals surface area (Å²) in [6, 6.07) is 14.7. The van der Waals surface area contributed by atoms with Gasteiger partial charge in [-0.1, -0.05) is 18.2 Å². The molecule has 0 saturated carbocycles. The number of ketones is 1. The Bertz CT molecular complexity index is 1010. The van der Waals surface area contributed by atoms with Crippen molar-refractivity contribution in [2.45, 2.75) is 25.3 Å². The normalized spacial score (nSPS) is 24.0. The van der Waals surface area contributed by atoms with Crippen molar-refractivity contribution in [2.75, 3.05) is 5.32 Å². The zero-order valence-electron chi connectivity index (χ0n) is 14.0. The fourth-order valence-corrected chi connectivity index (χ4v) is 4.32. The third-order valence-corrected chi connectivity index (χ3v) is 5.60. The second-order valence-electron chi connectivity index (χ2n) is 7.05. The molecule has 0 radical (unpaired) electrons. The van der Waals surface area contributed by atoms with E-state index in [1.54, 1.807) is 13.2 Å². The van der Waals surface area contributed by atoms with E-state index in [0.717, 1.165) is 28.6 Å². The van der Waals surface area contributed by atoms with E-state index >= 15 is 0 Å². The Morgan fingerprint density at radius 1 is 1.16 bits per heavy atom. The zero-order chi connectivity index (χ0) is 17.0. The minimum absolute atomic E-state index is 0.119. The van der Waals surface area contributed by atoms with E-state index in [9.17, 15) is 4.79 Å². The van der Waals surface area contributed by atoms with Gasteiger partial charge in [0.2, 0.25) is 0 Å². The Labute approximate surface area is 146 Å². The molecule has 0 spiro atoms. The summed E-state index contributed by atoms with van der Waals surface area (Å²) >= 11 is 0. The van der Waals surface area contributed by atoms with Gasteiger partial charge in [-0.2, -0.15) is 0 Å². The average molecular weight is 329 g/mol. The van der Waals surface area contributed by atoms with Crippen LogP contribution in [0.3, 0.4) is 0 Å². The Balaban J connectivity index is 1.60. The number of allylic oxidation sites excluding steroid dienone is 2. The molecule has 5 rings (SSSR count). The molecule has 25 heavy (non-hydrogen) atoms. The third-order valence-electron chi connectivity index (χ3n) is 5.60. The van der Waals surface area contributed by atoms with E-state index in [0.29, 0.717) is 11.8 Å². The molecule has 1 aromatic heterocycles. The number of carbonyl (C=O) groups excluding carboxylic acids is 1. The SMILES string of the molecule is CC(=O)c1ccc2c(c1)C1C=CCC1C(c1ccc3occc3c1)N2. The number of hydrogen-bond donors (Lipinski definition) is 1. The topological polar surface area (TPSA) is 42.2 Å². The van der Waals surface area contributed by atoms with Crippen molar-refractivity contribution < 1.29 is 9.21 Å². The average Bonchev–Trinajstić information content (AvgIpc) is 3.29. The van der Waals surface area contributed by atoms with Crippen molar-refractivity contribution in [3.63, 3.8) is 0 Å². The van der Waals surface area contributed by atoms with Gasteiger partial charge in [0.05, 0.1) is 12.3 Å². The van der Waals surface area contributed by atoms with Gasteiger partial charge >= 0.3 is 0 Å². The predicted octanol–water partition coefficient (Wildman–Crippen LogP) is 5.46. The number of anilines is 1. The molecule has 1 aliphatic heterocycles. The summed E-state index contributed by atoms with van der Waals surface area (Å²) in [5.74, 6) is 0.952. The molecule has 2 heterocycles. The molecule has 0 fully saturated rings. The first kappa shape index (κ1) is 14.5. The van der Waals surface area contributed by atoms with Crippen LogP contribution in [0.4, 0.5) is 5.69 Å². The predicted molar refractivity (Wildman–Crippen MR) is 99.0 cm³/mol. The van der Waals surface area contributed by atoms with Crippen molar-refractivity contribution in [1.29, 1.82) is 0 Å². The lowest BCUT2D eigenvalue weighted by atomic mass is 9.76. The van der Waals surface area contributed by atoms with Crippen LogP contribution in [0.1, 0.15) is 46.8 Å². The second kappa shape index (κ2) is 5.35. The summed E-state index contributed by atoms with van der Waals surface area (Å²) in [5, 5.41) is 4.86. The minimum Gasteiger partial charge on any atom is -0.464 e. The monoisotopic (exact) mass is 329 g/mol. The van der Waals surface area contributed by atoms with Crippen LogP contribution in [0.25, 0.3) is 11.0 Å². The molecule has 3 nitrogen and oxygen atoms in total. The molecular weight excluding hydrogens is 310 g/mol. The van der Waals surface area contributed by atoms with Gasteiger partial charge in [-0.15, -0.1) is 0 Å². The second-order valence-corrected chi connectivity index (χ2v) is 7.05. The highest BCUT2D eigenvalue weighted by Gasteiger charge is 2.38. The molecule has 3 atom stereocenters. The van der Waals surface area contributed by atoms with Gasteiger partial charge in [-0.05, 0) is 66.8 Å². The third kappa shape index (κ3) is 2.23. The highest BCUT2D eigenvalue weighted by molar-refractivity contribution is 5.95. The van der Waals surface area contributed by atoms with Crippen LogP contribution in [-0.4, -0.2) is 5.78 Å². The highest BCUT2D eigenvalue weighted by Crippen LogP contribution is 2.50. The fourth-order valence-electron chi connectivity index (χ4n) is 4.32. The molecule has 1 N–H and O–H groups in total. The zero-order valence-corrected chi connectivity index (χ0v) is 14.0. The van der Waals surface area contributed by atoms with Crippen LogP contribution in [0.5, 0.6) is 0 Å². The largest absolute Gasteiger partial charge is 0.464 e. The van der Waals surface area contributed by atoms with Gasteiger partial charge in [0.1, 0.15) is 5.58 Å². The standard InChI is InChI=1S/C22H19NO2/c1-13(24)14-5-7-20-19(12-14)17-3-2-4-18(17)22(23-20)16-6-8-21-15(11-16)9-10-25-21/h2-3,5-12,17-18,22-23H,4H2,1H3. The maximum atomic E-state index is 11.8. The summed E-state index contributed by atoms with van der Waals surface area (Å²) in [6.07, 6.45) is 7.37. The number of fused-ring (bicyclic) bond motifs is 4. The molecule has 3 unspecified atom stereocenters. The molecule has 2 aromatic carbocycles. The number of benzene rings is 2. The van der Waals surface area contributed by atoms with Crippen LogP contribution < -0.4 is 5.32 Å². The lowest BCUT2D eigenvalue weighted by Gasteiger charge is -2.37. The summed E-state index contributed by atoms with van der Waals surface area (Å²) in [4.78, 5) is 11.8. The molecule has 3 aromatic rings. The number of nitrogens with one attached hydrogen (secondary N) is 1. The summed E-state index contributed by atoms with van der Waals surface area (Å²) in [5.41, 5.74) is 5.38. The van der Waals surface area contributed by atoms with Crippen molar-refractivity contribution in [3.05, 3.63) is 77.6 Å². The van der Waals surface area contributed by atoms with E-state index in [-0.39, 0.29) is 11.8 Å². The molecule has 1 aliphatic carbocycles. The van der Waals surface area contributed by atoms with Gasteiger partial charge in [0.15, 0.2) is 5.78 Å². The van der Waals surface area contributed by atoms with E-state index in [1.165, 1.54) is 11.1 Å². The molecule has 2 aliphatic rings. The van der Waals surface area contributed by atoms with E-state index < -0.39 is 0 Å². The van der Waals surface area contributed by atoms with Crippen molar-refractivity contribution in [3.8, 4) is 0 Å². The molecular formula is C22H19NO2. The molecule has 124 valence electrons. The number of Topliss-reactive ketones (excluding diaryl/α,β-unsaturated/α-hetero) is 1. The molecule has 0 bridgehead atoms. The summed E-state index contributed by atoms with van der Waals surface area (Å²) < 4.78 is 5.47. The van der Waals surface area contributed by atoms with Crippen LogP contribution in [0.2, 0.25) is 0 Å². The Hall–Kier alpha value is -2.81. The first-order valence-corrected chi connectivity index (χ1v) is 8.76. The van der Waals surface area contributed by atoms with E-state index in [4.69, 9.17) is 4.42 Å². The van der Waals surface area contributed by atoms with Gasteiger partial charge in [0.25, 0.3) is 0 Å². The summed E-state index contributed by atoms with van der Waals surface area (Å²) in [7, 11) is 0. The first-order valence-electron chi connectivity index (χ1n) is 8.76. The van der Waals surface area contributed by atoms with Crippen LogP contribution in [-0.2, 0) is 0 Å². The van der Waals surface area contributed by atoms with Gasteiger partial charge in [-0.3, -0.25) is 4.79 Å². The number of carbonyl (C=O) groups is 1. The molecule has 3 heteroatoms. The number of hydrogen-bond acceptors (Lipinski definition) is 3. The first-order chi connectivity index (χ1) is 12.2. The summed E-state index contributed by atoms with van der Waals surface area (Å²) in [6.45, 7) is 1.63. The Morgan fingerprint density at radius 3 is 2.96 bits per heavy atom. The maximum Gasteiger partial charge on any atom is 0.159 e. The van der Waals surface area contributed by atoms with Gasteiger partial charge in [0, 0.05) is 22.6 Å². The lowest BCUT2D eigenvalue weighted by Crippen LogP contribution is -2.29. The number of furan rings is 1. The van der Waals surface area contributed by atoms with E-state index in [1.807, 2.05) is 12.1 Å². The minimum atomic E-state index is 0.119. The molecule has 0 saturated heterocycles. The van der Waals surface area contributed by atoms with Crippen molar-refractivity contribution >= 4 is 22.4 Å². The smallest absolute Gasteiger partial charge is 0.159 e. The lowest BCUT2D eigenvalue weighted by molar-refractivity contribution is 0.101. The van der Waals surface area contributed by atoms with Crippen molar-refractivity contribution in [2.24, 2.45) is 5.92 Å². The van der Waals surface area contributed by atoms with Crippen LogP contribution in [0, 0.1) is 5.92 Å². The molecule has 0 amide bonds. The van der Waals surface area contributed by atoms with Gasteiger partial charge in [-0.25, -0.2) is 0 Å². The maximum absolute atomic E-state index is 11.8. The highest BCUT2D eigenvalue weighted by atomic mass is 16.3. The van der Waals surface area contributed by atoms with Gasteiger partial charge < -0.3 is 9.73 Å². The number of rotatable bonds is 2. The van der Waals surface area contributed by atoms with E-state index in [2.05, 4.69) is 47.8 Å². The Morgan fingerprint density at radius 2 is 2.08 bits per heavy atom. The Kier molecular flexibility index (Phi) is 3.11.